The van der Waals surface area contributed by atoms with Gasteiger partial charge in [-0.25, -0.2) is 8.42 Å². The number of sulfone groups is 1. The Morgan fingerprint density at radius 2 is 1.89 bits per heavy atom. The monoisotopic (exact) mass is 290 g/mol. The van der Waals surface area contributed by atoms with Crippen LogP contribution in [0, 0.1) is 5.41 Å². The first-order chi connectivity index (χ1) is 8.87. The summed E-state index contributed by atoms with van der Waals surface area (Å²) in [5.74, 6) is 0.266. The average Bonchev–Trinajstić information content (AvgIpc) is 2.75. The van der Waals surface area contributed by atoms with Crippen LogP contribution in [0.3, 0.4) is 0 Å². The van der Waals surface area contributed by atoms with Gasteiger partial charge in [0.1, 0.15) is 9.84 Å². The Kier molecular flexibility index (Phi) is 6.77. The first kappa shape index (κ1) is 16.9. The van der Waals surface area contributed by atoms with E-state index in [-0.39, 0.29) is 5.75 Å². The van der Waals surface area contributed by atoms with Crippen molar-refractivity contribution >= 4 is 9.84 Å². The Bertz CT molecular complexity index is 348. The summed E-state index contributed by atoms with van der Waals surface area (Å²) in [4.78, 5) is 2.19. The number of nitrogens with zero attached hydrogens (tertiary/aromatic N) is 1. The summed E-state index contributed by atoms with van der Waals surface area (Å²) in [6.07, 6.45) is 7.65. The summed E-state index contributed by atoms with van der Waals surface area (Å²) in [5, 5.41) is 3.55. The molecule has 0 saturated heterocycles. The lowest BCUT2D eigenvalue weighted by atomic mass is 9.85. The zero-order chi connectivity index (χ0) is 14.4. The Labute approximate surface area is 118 Å². The van der Waals surface area contributed by atoms with Gasteiger partial charge in [0.2, 0.25) is 0 Å². The zero-order valence-electron chi connectivity index (χ0n) is 12.7. The van der Waals surface area contributed by atoms with Gasteiger partial charge in [-0.2, -0.15) is 0 Å². The van der Waals surface area contributed by atoms with Crippen LogP contribution in [0.2, 0.25) is 0 Å². The summed E-state index contributed by atoms with van der Waals surface area (Å²) < 4.78 is 22.4. The van der Waals surface area contributed by atoms with Gasteiger partial charge in [0.25, 0.3) is 0 Å². The fraction of sp³-hybridized carbons (Fsp3) is 1.00. The predicted molar refractivity (Wildman–Crippen MR) is 81.3 cm³/mol. The van der Waals surface area contributed by atoms with Crippen molar-refractivity contribution in [2.75, 3.05) is 45.2 Å². The van der Waals surface area contributed by atoms with Crippen molar-refractivity contribution < 1.29 is 8.42 Å². The van der Waals surface area contributed by atoms with Crippen molar-refractivity contribution in [3.63, 3.8) is 0 Å². The van der Waals surface area contributed by atoms with E-state index < -0.39 is 9.84 Å². The molecule has 114 valence electrons. The van der Waals surface area contributed by atoms with Crippen LogP contribution in [0.5, 0.6) is 0 Å². The summed E-state index contributed by atoms with van der Waals surface area (Å²) in [6.45, 7) is 6.00. The summed E-state index contributed by atoms with van der Waals surface area (Å²) >= 11 is 0. The highest BCUT2D eigenvalue weighted by molar-refractivity contribution is 7.90. The highest BCUT2D eigenvalue weighted by Gasteiger charge is 2.34. The maximum Gasteiger partial charge on any atom is 0.148 e. The zero-order valence-corrected chi connectivity index (χ0v) is 13.6. The molecule has 19 heavy (non-hydrogen) atoms. The van der Waals surface area contributed by atoms with Gasteiger partial charge < -0.3 is 10.2 Å². The standard InChI is InChI=1S/C14H30N2O2S/c1-4-9-15-12-14(7-5-6-8-14)13-16(2)10-11-19(3,17)18/h15H,4-13H2,1-3H3. The molecule has 4 nitrogen and oxygen atoms in total. The van der Waals surface area contributed by atoms with Crippen LogP contribution in [0.15, 0.2) is 0 Å². The SMILES string of the molecule is CCCNCC1(CN(C)CCS(C)(=O)=O)CCCC1. The van der Waals surface area contributed by atoms with Gasteiger partial charge in [0.15, 0.2) is 0 Å². The molecule has 1 fully saturated rings. The van der Waals surface area contributed by atoms with E-state index in [4.69, 9.17) is 0 Å². The molecule has 0 amide bonds. The van der Waals surface area contributed by atoms with E-state index in [0.29, 0.717) is 12.0 Å². The van der Waals surface area contributed by atoms with E-state index >= 15 is 0 Å². The molecule has 0 unspecified atom stereocenters. The van der Waals surface area contributed by atoms with Crippen molar-refractivity contribution in [3.8, 4) is 0 Å². The molecule has 0 aromatic carbocycles. The molecular weight excluding hydrogens is 260 g/mol. The number of hydrogen-bond donors (Lipinski definition) is 1. The maximum absolute atomic E-state index is 11.2. The van der Waals surface area contributed by atoms with Crippen LogP contribution in [-0.4, -0.2) is 58.6 Å². The maximum atomic E-state index is 11.2. The van der Waals surface area contributed by atoms with E-state index in [0.717, 1.165) is 19.6 Å². The minimum Gasteiger partial charge on any atom is -0.316 e. The number of rotatable bonds is 9. The van der Waals surface area contributed by atoms with Gasteiger partial charge in [-0.3, -0.25) is 0 Å². The molecule has 1 saturated carbocycles. The first-order valence-electron chi connectivity index (χ1n) is 7.44. The fourth-order valence-electron chi connectivity index (χ4n) is 3.02. The average molecular weight is 290 g/mol. The molecule has 0 bridgehead atoms. The van der Waals surface area contributed by atoms with E-state index in [9.17, 15) is 8.42 Å². The van der Waals surface area contributed by atoms with Crippen molar-refractivity contribution in [1.82, 2.24) is 10.2 Å². The lowest BCUT2D eigenvalue weighted by Crippen LogP contribution is -2.42. The van der Waals surface area contributed by atoms with Crippen LogP contribution < -0.4 is 5.32 Å². The Hall–Kier alpha value is -0.130. The Balaban J connectivity index is 2.43. The molecule has 5 heteroatoms. The predicted octanol–water partition coefficient (Wildman–Crippen LogP) is 1.52. The second-order valence-electron chi connectivity index (χ2n) is 6.25. The molecule has 0 aromatic rings. The van der Waals surface area contributed by atoms with Crippen molar-refractivity contribution in [1.29, 1.82) is 0 Å². The molecule has 1 aliphatic carbocycles. The molecule has 0 atom stereocenters. The molecular formula is C14H30N2O2S. The molecule has 0 aromatic heterocycles. The van der Waals surface area contributed by atoms with E-state index in [1.807, 2.05) is 7.05 Å². The lowest BCUT2D eigenvalue weighted by molar-refractivity contribution is 0.178. The van der Waals surface area contributed by atoms with Crippen LogP contribution in [0.4, 0.5) is 0 Å². The number of hydrogen-bond acceptors (Lipinski definition) is 4. The van der Waals surface area contributed by atoms with Gasteiger partial charge in [0.05, 0.1) is 5.75 Å². The lowest BCUT2D eigenvalue weighted by Gasteiger charge is -2.34. The van der Waals surface area contributed by atoms with Gasteiger partial charge >= 0.3 is 0 Å². The summed E-state index contributed by atoms with van der Waals surface area (Å²) in [6, 6.07) is 0. The second kappa shape index (κ2) is 7.60. The van der Waals surface area contributed by atoms with Crippen LogP contribution in [-0.2, 0) is 9.84 Å². The second-order valence-corrected chi connectivity index (χ2v) is 8.51. The highest BCUT2D eigenvalue weighted by Crippen LogP contribution is 2.38. The third-order valence-corrected chi connectivity index (χ3v) is 4.96. The highest BCUT2D eigenvalue weighted by atomic mass is 32.2. The Morgan fingerprint density at radius 1 is 1.26 bits per heavy atom. The first-order valence-corrected chi connectivity index (χ1v) is 9.50. The van der Waals surface area contributed by atoms with Crippen LogP contribution in [0.25, 0.3) is 0 Å². The fourth-order valence-corrected chi connectivity index (χ4v) is 3.66. The molecule has 1 rings (SSSR count). The third-order valence-electron chi connectivity index (χ3n) is 4.04. The van der Waals surface area contributed by atoms with Gasteiger partial charge in [-0.05, 0) is 38.3 Å². The van der Waals surface area contributed by atoms with Crippen molar-refractivity contribution in [2.24, 2.45) is 5.41 Å². The smallest absolute Gasteiger partial charge is 0.148 e. The molecule has 1 N–H and O–H groups in total. The van der Waals surface area contributed by atoms with Gasteiger partial charge in [-0.1, -0.05) is 19.8 Å². The van der Waals surface area contributed by atoms with Gasteiger partial charge in [-0.15, -0.1) is 0 Å². The summed E-state index contributed by atoms with van der Waals surface area (Å²) in [5.41, 5.74) is 0.363. The largest absolute Gasteiger partial charge is 0.316 e. The minimum atomic E-state index is -2.85. The summed E-state index contributed by atoms with van der Waals surface area (Å²) in [7, 11) is -0.804. The van der Waals surface area contributed by atoms with Crippen molar-refractivity contribution in [2.45, 2.75) is 39.0 Å². The molecule has 0 spiro atoms. The van der Waals surface area contributed by atoms with Crippen LogP contribution in [0.1, 0.15) is 39.0 Å². The Morgan fingerprint density at radius 3 is 2.42 bits per heavy atom. The van der Waals surface area contributed by atoms with E-state index in [1.54, 1.807) is 0 Å². The topological polar surface area (TPSA) is 49.4 Å². The molecule has 1 aliphatic rings. The number of nitrogens with one attached hydrogen (secondary N) is 1. The minimum absolute atomic E-state index is 0.266. The van der Waals surface area contributed by atoms with E-state index in [2.05, 4.69) is 17.1 Å². The normalized spacial score (nSPS) is 19.2. The van der Waals surface area contributed by atoms with Gasteiger partial charge in [0, 0.05) is 25.9 Å². The van der Waals surface area contributed by atoms with Crippen LogP contribution >= 0.6 is 0 Å². The quantitative estimate of drug-likeness (QED) is 0.654. The van der Waals surface area contributed by atoms with Crippen molar-refractivity contribution in [3.05, 3.63) is 0 Å². The van der Waals surface area contributed by atoms with E-state index in [1.165, 1.54) is 38.4 Å². The molecule has 0 aliphatic heterocycles. The molecule has 0 radical (unpaired) electrons. The third kappa shape index (κ3) is 6.72. The molecule has 0 heterocycles.